The molecule has 1 rings (SSSR count). The molecule has 0 radical (unpaired) electrons. The summed E-state index contributed by atoms with van der Waals surface area (Å²) >= 11 is 0. The predicted octanol–water partition coefficient (Wildman–Crippen LogP) is 1.03. The lowest BCUT2D eigenvalue weighted by molar-refractivity contribution is 0.159. The maximum Gasteiger partial charge on any atom is 0.0613 e. The van der Waals surface area contributed by atoms with Crippen molar-refractivity contribution in [3.63, 3.8) is 0 Å². The summed E-state index contributed by atoms with van der Waals surface area (Å²) in [7, 11) is 4.00. The number of ether oxygens (including phenoxy) is 1. The molecule has 1 aliphatic rings. The smallest absolute Gasteiger partial charge is 0.0613 e. The summed E-state index contributed by atoms with van der Waals surface area (Å²) in [6, 6.07) is 1.17. The Labute approximate surface area is 113 Å². The van der Waals surface area contributed by atoms with E-state index in [4.69, 9.17) is 4.74 Å². The van der Waals surface area contributed by atoms with Gasteiger partial charge in [0.2, 0.25) is 0 Å². The number of hydrogen-bond acceptors (Lipinski definition) is 4. The minimum Gasteiger partial charge on any atom is -0.383 e. The number of rotatable bonds is 7. The third kappa shape index (κ3) is 5.65. The minimum atomic E-state index is 0.449. The zero-order valence-corrected chi connectivity index (χ0v) is 12.6. The number of nitrogens with one attached hydrogen (secondary N) is 1. The van der Waals surface area contributed by atoms with E-state index in [9.17, 15) is 0 Å². The van der Waals surface area contributed by atoms with Gasteiger partial charge in [-0.15, -0.1) is 0 Å². The van der Waals surface area contributed by atoms with Gasteiger partial charge in [-0.3, -0.25) is 4.90 Å². The van der Waals surface area contributed by atoms with Gasteiger partial charge in [0.05, 0.1) is 6.61 Å². The van der Waals surface area contributed by atoms with E-state index in [1.165, 1.54) is 32.5 Å². The van der Waals surface area contributed by atoms with Crippen molar-refractivity contribution < 1.29 is 4.74 Å². The highest BCUT2D eigenvalue weighted by Crippen LogP contribution is 2.11. The van der Waals surface area contributed by atoms with Crippen LogP contribution in [0.15, 0.2) is 0 Å². The van der Waals surface area contributed by atoms with Gasteiger partial charge in [0, 0.05) is 38.8 Å². The fourth-order valence-electron chi connectivity index (χ4n) is 2.74. The third-order valence-corrected chi connectivity index (χ3v) is 3.80. The molecule has 1 N–H and O–H groups in total. The van der Waals surface area contributed by atoms with E-state index in [0.29, 0.717) is 6.04 Å². The Balaban J connectivity index is 2.29. The van der Waals surface area contributed by atoms with Crippen LogP contribution in [0.4, 0.5) is 0 Å². The highest BCUT2D eigenvalue weighted by atomic mass is 16.5. The molecule has 108 valence electrons. The molecule has 1 heterocycles. The molecule has 0 saturated carbocycles. The van der Waals surface area contributed by atoms with Gasteiger partial charge in [-0.1, -0.05) is 6.92 Å². The van der Waals surface area contributed by atoms with Crippen LogP contribution in [0, 0.1) is 0 Å². The van der Waals surface area contributed by atoms with E-state index in [1.54, 1.807) is 7.11 Å². The standard InChI is InChI=1S/C14H31N3O/c1-5-14-11-16(3)8-6-9-17(14)10-7-15-13(2)12-18-4/h13-15H,5-12H2,1-4H3. The molecule has 4 heteroatoms. The Morgan fingerprint density at radius 1 is 1.39 bits per heavy atom. The Kier molecular flexibility index (Phi) is 7.82. The van der Waals surface area contributed by atoms with E-state index in [2.05, 4.69) is 36.0 Å². The maximum atomic E-state index is 5.14. The van der Waals surface area contributed by atoms with Gasteiger partial charge in [-0.05, 0) is 39.9 Å². The lowest BCUT2D eigenvalue weighted by Gasteiger charge is -2.30. The molecule has 18 heavy (non-hydrogen) atoms. The molecule has 0 aromatic carbocycles. The number of likely N-dealkylation sites (N-methyl/N-ethyl adjacent to an activating group) is 1. The van der Waals surface area contributed by atoms with Gasteiger partial charge in [-0.25, -0.2) is 0 Å². The number of nitrogens with zero attached hydrogens (tertiary/aromatic N) is 2. The summed E-state index contributed by atoms with van der Waals surface area (Å²) in [4.78, 5) is 5.12. The number of methoxy groups -OCH3 is 1. The quantitative estimate of drug-likeness (QED) is 0.737. The average molecular weight is 257 g/mol. The monoisotopic (exact) mass is 257 g/mol. The molecule has 0 aliphatic carbocycles. The molecule has 1 aliphatic heterocycles. The highest BCUT2D eigenvalue weighted by Gasteiger charge is 2.21. The van der Waals surface area contributed by atoms with Crippen molar-refractivity contribution in [1.29, 1.82) is 0 Å². The van der Waals surface area contributed by atoms with Gasteiger partial charge in [0.1, 0.15) is 0 Å². The van der Waals surface area contributed by atoms with Gasteiger partial charge in [-0.2, -0.15) is 0 Å². The van der Waals surface area contributed by atoms with Crippen molar-refractivity contribution in [2.45, 2.75) is 38.8 Å². The molecule has 1 fully saturated rings. The normalized spacial score (nSPS) is 25.0. The molecule has 2 unspecified atom stereocenters. The van der Waals surface area contributed by atoms with Crippen LogP contribution in [0.1, 0.15) is 26.7 Å². The van der Waals surface area contributed by atoms with Crippen LogP contribution in [0.2, 0.25) is 0 Å². The lowest BCUT2D eigenvalue weighted by Crippen LogP contribution is -2.44. The second-order valence-electron chi connectivity index (χ2n) is 5.52. The molecule has 0 bridgehead atoms. The van der Waals surface area contributed by atoms with Crippen LogP contribution in [0.25, 0.3) is 0 Å². The lowest BCUT2D eigenvalue weighted by atomic mass is 10.2. The van der Waals surface area contributed by atoms with E-state index < -0.39 is 0 Å². The molecule has 0 spiro atoms. The van der Waals surface area contributed by atoms with Crippen molar-refractivity contribution in [2.24, 2.45) is 0 Å². The van der Waals surface area contributed by atoms with Crippen LogP contribution in [0.3, 0.4) is 0 Å². The summed E-state index contributed by atoms with van der Waals surface area (Å²) in [5, 5.41) is 3.53. The van der Waals surface area contributed by atoms with E-state index in [0.717, 1.165) is 25.7 Å². The van der Waals surface area contributed by atoms with Crippen LogP contribution in [-0.2, 0) is 4.74 Å². The van der Waals surface area contributed by atoms with E-state index in [-0.39, 0.29) is 0 Å². The fraction of sp³-hybridized carbons (Fsp3) is 1.00. The van der Waals surface area contributed by atoms with Crippen LogP contribution in [0.5, 0.6) is 0 Å². The second-order valence-corrected chi connectivity index (χ2v) is 5.52. The molecule has 0 aromatic rings. The van der Waals surface area contributed by atoms with Crippen molar-refractivity contribution in [3.8, 4) is 0 Å². The van der Waals surface area contributed by atoms with Gasteiger partial charge >= 0.3 is 0 Å². The first-order chi connectivity index (χ1) is 8.67. The van der Waals surface area contributed by atoms with Crippen molar-refractivity contribution >= 4 is 0 Å². The Bertz CT molecular complexity index is 213. The molecular formula is C14H31N3O. The van der Waals surface area contributed by atoms with Gasteiger partial charge in [0.15, 0.2) is 0 Å². The first kappa shape index (κ1) is 15.9. The number of hydrogen-bond donors (Lipinski definition) is 1. The molecule has 1 saturated heterocycles. The molecule has 0 amide bonds. The van der Waals surface area contributed by atoms with Crippen LogP contribution >= 0.6 is 0 Å². The Hall–Kier alpha value is -0.160. The van der Waals surface area contributed by atoms with Crippen LogP contribution < -0.4 is 5.32 Å². The summed E-state index contributed by atoms with van der Waals surface area (Å²) in [6.07, 6.45) is 2.54. The summed E-state index contributed by atoms with van der Waals surface area (Å²) < 4.78 is 5.14. The summed E-state index contributed by atoms with van der Waals surface area (Å²) in [5.41, 5.74) is 0. The second kappa shape index (κ2) is 8.86. The van der Waals surface area contributed by atoms with Crippen molar-refractivity contribution in [3.05, 3.63) is 0 Å². The first-order valence-corrected chi connectivity index (χ1v) is 7.32. The highest BCUT2D eigenvalue weighted by molar-refractivity contribution is 4.78. The average Bonchev–Trinajstić information content (AvgIpc) is 2.51. The largest absolute Gasteiger partial charge is 0.383 e. The molecule has 0 aromatic heterocycles. The Morgan fingerprint density at radius 2 is 2.17 bits per heavy atom. The molecule has 4 nitrogen and oxygen atoms in total. The molecule has 2 atom stereocenters. The SMILES string of the molecule is CCC1CN(C)CCCN1CCNC(C)COC. The zero-order valence-electron chi connectivity index (χ0n) is 12.6. The minimum absolute atomic E-state index is 0.449. The van der Waals surface area contributed by atoms with Gasteiger partial charge in [0.25, 0.3) is 0 Å². The summed E-state index contributed by atoms with van der Waals surface area (Å²) in [6.45, 7) is 11.2. The molecular weight excluding hydrogens is 226 g/mol. The Morgan fingerprint density at radius 3 is 2.83 bits per heavy atom. The van der Waals surface area contributed by atoms with Gasteiger partial charge < -0.3 is 15.0 Å². The fourth-order valence-corrected chi connectivity index (χ4v) is 2.74. The predicted molar refractivity (Wildman–Crippen MR) is 77.1 cm³/mol. The van der Waals surface area contributed by atoms with E-state index >= 15 is 0 Å². The zero-order chi connectivity index (χ0) is 13.4. The summed E-state index contributed by atoms with van der Waals surface area (Å²) in [5.74, 6) is 0. The van der Waals surface area contributed by atoms with Crippen LogP contribution in [-0.4, -0.2) is 75.4 Å². The third-order valence-electron chi connectivity index (χ3n) is 3.80. The maximum absolute atomic E-state index is 5.14. The van der Waals surface area contributed by atoms with E-state index in [1.807, 2.05) is 0 Å². The van der Waals surface area contributed by atoms with Crippen molar-refractivity contribution in [1.82, 2.24) is 15.1 Å². The van der Waals surface area contributed by atoms with Crippen molar-refractivity contribution in [2.75, 3.05) is 53.5 Å². The first-order valence-electron chi connectivity index (χ1n) is 7.32. The topological polar surface area (TPSA) is 27.7 Å².